The first-order valence-corrected chi connectivity index (χ1v) is 4.85. The fraction of sp³-hybridized carbons (Fsp3) is 0.364. The predicted molar refractivity (Wildman–Crippen MR) is 53.4 cm³/mol. The smallest absolute Gasteiger partial charge is 0.416 e. The average molecular weight is 229 g/mol. The Morgan fingerprint density at radius 3 is 2.69 bits per heavy atom. The van der Waals surface area contributed by atoms with Crippen LogP contribution >= 0.6 is 0 Å². The largest absolute Gasteiger partial charge is 0.475 e. The lowest BCUT2D eigenvalue weighted by Crippen LogP contribution is -2.08. The molecule has 5 heteroatoms. The molecule has 1 atom stereocenters. The van der Waals surface area contributed by atoms with Crippen LogP contribution in [0.1, 0.15) is 18.1 Å². The van der Waals surface area contributed by atoms with Crippen molar-refractivity contribution in [2.75, 3.05) is 6.61 Å². The Balaban J connectivity index is 2.33. The van der Waals surface area contributed by atoms with Gasteiger partial charge in [0, 0.05) is 5.56 Å². The molecule has 0 aromatic heterocycles. The summed E-state index contributed by atoms with van der Waals surface area (Å²) in [6.07, 6.45) is -4.33. The predicted octanol–water partition coefficient (Wildman–Crippen LogP) is 2.87. The molecule has 1 heterocycles. The second kappa shape index (κ2) is 3.81. The third-order valence-corrected chi connectivity index (χ3v) is 2.24. The molecule has 0 saturated carbocycles. The van der Waals surface area contributed by atoms with Gasteiger partial charge in [-0.2, -0.15) is 13.2 Å². The van der Waals surface area contributed by atoms with E-state index in [2.05, 4.69) is 4.99 Å². The third-order valence-electron chi connectivity index (χ3n) is 2.24. The molecule has 16 heavy (non-hydrogen) atoms. The van der Waals surface area contributed by atoms with Gasteiger partial charge in [-0.1, -0.05) is 6.07 Å². The van der Waals surface area contributed by atoms with Gasteiger partial charge in [0.2, 0.25) is 5.90 Å². The summed E-state index contributed by atoms with van der Waals surface area (Å²) in [6.45, 7) is 2.27. The Kier molecular flexibility index (Phi) is 2.61. The van der Waals surface area contributed by atoms with Gasteiger partial charge in [-0.05, 0) is 25.1 Å². The molecule has 0 amide bonds. The van der Waals surface area contributed by atoms with Gasteiger partial charge in [0.05, 0.1) is 11.6 Å². The normalized spacial score (nSPS) is 20.5. The van der Waals surface area contributed by atoms with Gasteiger partial charge in [0.15, 0.2) is 0 Å². The van der Waals surface area contributed by atoms with Crippen molar-refractivity contribution in [3.05, 3.63) is 35.4 Å². The van der Waals surface area contributed by atoms with Crippen molar-refractivity contribution in [3.8, 4) is 0 Å². The molecule has 1 aromatic rings. The van der Waals surface area contributed by atoms with Crippen molar-refractivity contribution in [2.45, 2.75) is 19.1 Å². The van der Waals surface area contributed by atoms with E-state index < -0.39 is 11.7 Å². The minimum Gasteiger partial charge on any atom is -0.475 e. The van der Waals surface area contributed by atoms with Gasteiger partial charge in [-0.3, -0.25) is 0 Å². The zero-order valence-electron chi connectivity index (χ0n) is 8.58. The Labute approximate surface area is 90.8 Å². The maximum Gasteiger partial charge on any atom is 0.416 e. The minimum absolute atomic E-state index is 0.00421. The first-order valence-electron chi connectivity index (χ1n) is 4.85. The second-order valence-electron chi connectivity index (χ2n) is 3.67. The Hall–Kier alpha value is -1.52. The maximum absolute atomic E-state index is 12.5. The molecule has 2 rings (SSSR count). The van der Waals surface area contributed by atoms with Crippen LogP contribution in [-0.4, -0.2) is 18.5 Å². The van der Waals surface area contributed by atoms with Crippen LogP contribution in [0.5, 0.6) is 0 Å². The maximum atomic E-state index is 12.5. The van der Waals surface area contributed by atoms with E-state index >= 15 is 0 Å². The fourth-order valence-corrected chi connectivity index (χ4v) is 1.46. The van der Waals surface area contributed by atoms with Gasteiger partial charge >= 0.3 is 6.18 Å². The highest BCUT2D eigenvalue weighted by Crippen LogP contribution is 2.30. The summed E-state index contributed by atoms with van der Waals surface area (Å²) in [6, 6.07) is 5.00. The highest BCUT2D eigenvalue weighted by molar-refractivity contribution is 5.95. The molecule has 0 N–H and O–H groups in total. The molecule has 1 aromatic carbocycles. The molecule has 1 aliphatic rings. The van der Waals surface area contributed by atoms with Gasteiger partial charge in [0.1, 0.15) is 6.61 Å². The molecule has 86 valence electrons. The topological polar surface area (TPSA) is 21.6 Å². The van der Waals surface area contributed by atoms with Crippen LogP contribution in [0.25, 0.3) is 0 Å². The summed E-state index contributed by atoms with van der Waals surface area (Å²) < 4.78 is 42.6. The van der Waals surface area contributed by atoms with E-state index in [9.17, 15) is 13.2 Å². The van der Waals surface area contributed by atoms with E-state index in [1.54, 1.807) is 6.07 Å². The number of nitrogens with zero attached hydrogens (tertiary/aromatic N) is 1. The molecule has 2 nitrogen and oxygen atoms in total. The molecule has 0 unspecified atom stereocenters. The molecule has 0 saturated heterocycles. The van der Waals surface area contributed by atoms with Crippen molar-refractivity contribution in [1.29, 1.82) is 0 Å². The Morgan fingerprint density at radius 2 is 2.12 bits per heavy atom. The van der Waals surface area contributed by atoms with Crippen LogP contribution in [0.4, 0.5) is 13.2 Å². The Morgan fingerprint density at radius 1 is 1.38 bits per heavy atom. The second-order valence-corrected chi connectivity index (χ2v) is 3.67. The molecular weight excluding hydrogens is 219 g/mol. The van der Waals surface area contributed by atoms with E-state index in [0.29, 0.717) is 18.1 Å². The highest BCUT2D eigenvalue weighted by atomic mass is 19.4. The molecule has 0 aliphatic carbocycles. The molecule has 1 aliphatic heterocycles. The van der Waals surface area contributed by atoms with Crippen LogP contribution in [0.3, 0.4) is 0 Å². The summed E-state index contributed by atoms with van der Waals surface area (Å²) in [4.78, 5) is 4.11. The van der Waals surface area contributed by atoms with Gasteiger partial charge in [-0.25, -0.2) is 4.99 Å². The molecule has 0 fully saturated rings. The number of hydrogen-bond acceptors (Lipinski definition) is 2. The minimum atomic E-state index is -4.33. The van der Waals surface area contributed by atoms with Crippen molar-refractivity contribution < 1.29 is 17.9 Å². The Bertz CT molecular complexity index is 425. The highest BCUT2D eigenvalue weighted by Gasteiger charge is 2.31. The molecular formula is C11H10F3NO. The summed E-state index contributed by atoms with van der Waals surface area (Å²) in [5.74, 6) is 0.290. The van der Waals surface area contributed by atoms with E-state index in [0.717, 1.165) is 12.1 Å². The third kappa shape index (κ3) is 2.18. The summed E-state index contributed by atoms with van der Waals surface area (Å²) in [5, 5.41) is 0. The van der Waals surface area contributed by atoms with Crippen molar-refractivity contribution in [2.24, 2.45) is 4.99 Å². The quantitative estimate of drug-likeness (QED) is 0.725. The van der Waals surface area contributed by atoms with Crippen LogP contribution in [0.15, 0.2) is 29.3 Å². The van der Waals surface area contributed by atoms with E-state index in [4.69, 9.17) is 4.74 Å². The zero-order valence-corrected chi connectivity index (χ0v) is 8.58. The number of halogens is 3. The zero-order chi connectivity index (χ0) is 11.8. The van der Waals surface area contributed by atoms with Crippen molar-refractivity contribution >= 4 is 5.90 Å². The first kappa shape index (κ1) is 11.0. The molecule has 0 radical (unpaired) electrons. The van der Waals surface area contributed by atoms with Gasteiger partial charge < -0.3 is 4.74 Å². The standard InChI is InChI=1S/C11H10F3NO/c1-7-6-16-10(15-7)8-3-2-4-9(5-8)11(12,13)14/h2-5,7H,6H2,1H3/t7-/m1/s1. The molecule has 0 bridgehead atoms. The van der Waals surface area contributed by atoms with Crippen LogP contribution in [0.2, 0.25) is 0 Å². The van der Waals surface area contributed by atoms with Crippen LogP contribution in [0, 0.1) is 0 Å². The van der Waals surface area contributed by atoms with E-state index in [1.807, 2.05) is 6.92 Å². The lowest BCUT2D eigenvalue weighted by atomic mass is 10.1. The fourth-order valence-electron chi connectivity index (χ4n) is 1.46. The van der Waals surface area contributed by atoms with Crippen molar-refractivity contribution in [3.63, 3.8) is 0 Å². The number of ether oxygens (including phenoxy) is 1. The summed E-state index contributed by atoms with van der Waals surface area (Å²) >= 11 is 0. The molecule has 0 spiro atoms. The van der Waals surface area contributed by atoms with Crippen LogP contribution in [-0.2, 0) is 10.9 Å². The van der Waals surface area contributed by atoms with Crippen molar-refractivity contribution in [1.82, 2.24) is 0 Å². The first-order chi connectivity index (χ1) is 7.47. The lowest BCUT2D eigenvalue weighted by molar-refractivity contribution is -0.137. The number of rotatable bonds is 1. The monoisotopic (exact) mass is 229 g/mol. The SMILES string of the molecule is C[C@@H]1COC(c2cccc(C(F)(F)F)c2)=N1. The average Bonchev–Trinajstić information content (AvgIpc) is 2.64. The van der Waals surface area contributed by atoms with Gasteiger partial charge in [-0.15, -0.1) is 0 Å². The number of alkyl halides is 3. The summed E-state index contributed by atoms with van der Waals surface area (Å²) in [7, 11) is 0. The van der Waals surface area contributed by atoms with Gasteiger partial charge in [0.25, 0.3) is 0 Å². The summed E-state index contributed by atoms with van der Waals surface area (Å²) in [5.41, 5.74) is -0.310. The van der Waals surface area contributed by atoms with E-state index in [-0.39, 0.29) is 6.04 Å². The number of benzene rings is 1. The number of aliphatic imine (C=N–C) groups is 1. The number of hydrogen-bond donors (Lipinski definition) is 0. The van der Waals surface area contributed by atoms with E-state index in [1.165, 1.54) is 6.07 Å². The van der Waals surface area contributed by atoms with Crippen LogP contribution < -0.4 is 0 Å². The lowest BCUT2D eigenvalue weighted by Gasteiger charge is -2.08.